The van der Waals surface area contributed by atoms with E-state index in [-0.39, 0.29) is 11.7 Å². The Morgan fingerprint density at radius 1 is 1.31 bits per heavy atom. The van der Waals surface area contributed by atoms with Gasteiger partial charge in [-0.15, -0.1) is 11.3 Å². The lowest BCUT2D eigenvalue weighted by atomic mass is 9.96. The van der Waals surface area contributed by atoms with Crippen molar-refractivity contribution in [3.05, 3.63) is 51.1 Å². The third-order valence-corrected chi connectivity index (χ3v) is 7.24. The molecule has 6 nitrogen and oxygen atoms in total. The van der Waals surface area contributed by atoms with Crippen LogP contribution in [0.25, 0.3) is 15.9 Å². The second-order valence-corrected chi connectivity index (χ2v) is 9.84. The number of aromatic nitrogens is 2. The molecule has 0 saturated carbocycles. The quantitative estimate of drug-likeness (QED) is 0.485. The van der Waals surface area contributed by atoms with Crippen molar-refractivity contribution in [2.45, 2.75) is 50.3 Å². The van der Waals surface area contributed by atoms with E-state index in [2.05, 4.69) is 13.8 Å². The van der Waals surface area contributed by atoms with Gasteiger partial charge in [-0.05, 0) is 30.5 Å². The van der Waals surface area contributed by atoms with E-state index in [9.17, 15) is 14.7 Å². The van der Waals surface area contributed by atoms with Gasteiger partial charge in [-0.2, -0.15) is 0 Å². The van der Waals surface area contributed by atoms with Crippen LogP contribution in [0.15, 0.2) is 40.3 Å². The minimum Gasteiger partial charge on any atom is -0.480 e. The molecular formula is C21H22N2O4S2. The first-order valence-electron chi connectivity index (χ1n) is 9.50. The van der Waals surface area contributed by atoms with E-state index in [1.807, 2.05) is 30.3 Å². The van der Waals surface area contributed by atoms with Crippen LogP contribution in [0, 0.1) is 5.92 Å². The molecule has 0 radical (unpaired) electrons. The van der Waals surface area contributed by atoms with Gasteiger partial charge < -0.3 is 9.84 Å². The van der Waals surface area contributed by atoms with Gasteiger partial charge in [0.15, 0.2) is 5.16 Å². The molecule has 1 aromatic carbocycles. The summed E-state index contributed by atoms with van der Waals surface area (Å²) in [6.45, 7) is 6.32. The maximum absolute atomic E-state index is 13.6. The van der Waals surface area contributed by atoms with Gasteiger partial charge in [0.25, 0.3) is 5.56 Å². The highest BCUT2D eigenvalue weighted by atomic mass is 32.2. The number of aliphatic carboxylic acids is 1. The number of thioether (sulfide) groups is 1. The van der Waals surface area contributed by atoms with E-state index in [1.165, 1.54) is 11.3 Å². The van der Waals surface area contributed by atoms with Gasteiger partial charge in [0.05, 0.1) is 23.8 Å². The van der Waals surface area contributed by atoms with Crippen LogP contribution in [-0.4, -0.2) is 32.0 Å². The topological polar surface area (TPSA) is 81.4 Å². The Kier molecular flexibility index (Phi) is 5.50. The lowest BCUT2D eigenvalue weighted by Crippen LogP contribution is -2.28. The average Bonchev–Trinajstić information content (AvgIpc) is 3.06. The third kappa shape index (κ3) is 3.72. The van der Waals surface area contributed by atoms with Crippen molar-refractivity contribution in [1.29, 1.82) is 0 Å². The summed E-state index contributed by atoms with van der Waals surface area (Å²) in [7, 11) is 0. The average molecular weight is 431 g/mol. The van der Waals surface area contributed by atoms with Gasteiger partial charge >= 0.3 is 5.97 Å². The van der Waals surface area contributed by atoms with Gasteiger partial charge in [0.1, 0.15) is 10.1 Å². The SMILES string of the molecule is CC(C)[C@@H]1Cc2c(sc3nc(S[C@@H](C)C(=O)O)n(-c4ccccc4)c(=O)c23)CO1. The monoisotopic (exact) mass is 430 g/mol. The number of hydrogen-bond acceptors (Lipinski definition) is 6. The van der Waals surface area contributed by atoms with E-state index in [0.717, 1.165) is 22.2 Å². The molecule has 0 saturated heterocycles. The summed E-state index contributed by atoms with van der Waals surface area (Å²) < 4.78 is 7.51. The maximum atomic E-state index is 13.6. The first kappa shape index (κ1) is 20.1. The van der Waals surface area contributed by atoms with Crippen molar-refractivity contribution in [3.8, 4) is 5.69 Å². The van der Waals surface area contributed by atoms with Crippen molar-refractivity contribution >= 4 is 39.3 Å². The lowest BCUT2D eigenvalue weighted by molar-refractivity contribution is -0.136. The van der Waals surface area contributed by atoms with Crippen molar-refractivity contribution in [3.63, 3.8) is 0 Å². The normalized spacial score (nSPS) is 17.4. The fraction of sp³-hybridized carbons (Fsp3) is 0.381. The molecule has 0 aliphatic carbocycles. The van der Waals surface area contributed by atoms with Gasteiger partial charge in [-0.3, -0.25) is 14.2 Å². The Balaban J connectivity index is 1.94. The molecule has 2 atom stereocenters. The number of rotatable bonds is 5. The van der Waals surface area contributed by atoms with E-state index in [4.69, 9.17) is 9.72 Å². The fourth-order valence-corrected chi connectivity index (χ4v) is 5.45. The fourth-order valence-electron chi connectivity index (χ4n) is 3.43. The molecule has 4 rings (SSSR count). The zero-order valence-corrected chi connectivity index (χ0v) is 18.0. The van der Waals surface area contributed by atoms with Crippen LogP contribution < -0.4 is 5.56 Å². The van der Waals surface area contributed by atoms with Crippen molar-refractivity contribution in [1.82, 2.24) is 9.55 Å². The van der Waals surface area contributed by atoms with Gasteiger partial charge in [-0.1, -0.05) is 43.8 Å². The largest absolute Gasteiger partial charge is 0.480 e. The maximum Gasteiger partial charge on any atom is 0.316 e. The molecule has 3 heterocycles. The summed E-state index contributed by atoms with van der Waals surface area (Å²) in [6, 6.07) is 9.26. The number of carbonyl (C=O) groups is 1. The molecule has 8 heteroatoms. The summed E-state index contributed by atoms with van der Waals surface area (Å²) in [4.78, 5) is 31.5. The number of fused-ring (bicyclic) bond motifs is 3. The Hall–Kier alpha value is -2.16. The van der Waals surface area contributed by atoms with Crippen molar-refractivity contribution in [2.24, 2.45) is 5.92 Å². The molecule has 29 heavy (non-hydrogen) atoms. The molecule has 0 bridgehead atoms. The second kappa shape index (κ2) is 7.93. The van der Waals surface area contributed by atoms with Gasteiger partial charge in [0, 0.05) is 11.3 Å². The number of ether oxygens (including phenoxy) is 1. The Bertz CT molecular complexity index is 1120. The Labute approximate surface area is 176 Å². The zero-order chi connectivity index (χ0) is 20.7. The zero-order valence-electron chi connectivity index (χ0n) is 16.4. The molecule has 0 spiro atoms. The van der Waals surface area contributed by atoms with Gasteiger partial charge in [0.2, 0.25) is 0 Å². The Morgan fingerprint density at radius 3 is 2.69 bits per heavy atom. The molecule has 1 aliphatic heterocycles. The first-order valence-corrected chi connectivity index (χ1v) is 11.2. The second-order valence-electron chi connectivity index (χ2n) is 7.45. The molecule has 1 N–H and O–H groups in total. The number of hydrogen-bond donors (Lipinski definition) is 1. The molecule has 0 fully saturated rings. The molecule has 2 aromatic heterocycles. The molecule has 3 aromatic rings. The molecule has 1 aliphatic rings. The van der Waals surface area contributed by atoms with Crippen molar-refractivity contribution < 1.29 is 14.6 Å². The van der Waals surface area contributed by atoms with Crippen LogP contribution in [0.5, 0.6) is 0 Å². The summed E-state index contributed by atoms with van der Waals surface area (Å²) in [5.74, 6) is -0.587. The summed E-state index contributed by atoms with van der Waals surface area (Å²) in [5.41, 5.74) is 1.56. The van der Waals surface area contributed by atoms with Crippen LogP contribution in [0.3, 0.4) is 0 Å². The molecular weight excluding hydrogens is 408 g/mol. The highest BCUT2D eigenvalue weighted by molar-refractivity contribution is 8.00. The minimum absolute atomic E-state index is 0.0750. The molecule has 152 valence electrons. The Morgan fingerprint density at radius 2 is 2.03 bits per heavy atom. The molecule has 0 unspecified atom stereocenters. The number of nitrogens with zero attached hydrogens (tertiary/aromatic N) is 2. The standard InChI is InChI=1S/C21H22N2O4S2/c1-11(2)15-9-14-16(10-27-15)29-18-17(14)19(24)23(13-7-5-4-6-8-13)21(22-18)28-12(3)20(25)26/h4-8,11-12,15H,9-10H2,1-3H3,(H,25,26)/t12-,15-/m0/s1. The lowest BCUT2D eigenvalue weighted by Gasteiger charge is -2.26. The van der Waals surface area contributed by atoms with Crippen LogP contribution in [-0.2, 0) is 22.6 Å². The summed E-state index contributed by atoms with van der Waals surface area (Å²) >= 11 is 2.55. The van der Waals surface area contributed by atoms with E-state index in [0.29, 0.717) is 40.0 Å². The van der Waals surface area contributed by atoms with Crippen LogP contribution in [0.2, 0.25) is 0 Å². The first-order chi connectivity index (χ1) is 13.9. The van der Waals surface area contributed by atoms with E-state index < -0.39 is 11.2 Å². The molecule has 0 amide bonds. The van der Waals surface area contributed by atoms with E-state index >= 15 is 0 Å². The predicted octanol–water partition coefficient (Wildman–Crippen LogP) is 4.11. The summed E-state index contributed by atoms with van der Waals surface area (Å²) in [6.07, 6.45) is 0.766. The predicted molar refractivity (Wildman–Crippen MR) is 115 cm³/mol. The highest BCUT2D eigenvalue weighted by Gasteiger charge is 2.29. The number of carboxylic acid groups (broad SMARTS) is 1. The smallest absolute Gasteiger partial charge is 0.316 e. The van der Waals surface area contributed by atoms with Gasteiger partial charge in [-0.25, -0.2) is 4.98 Å². The highest BCUT2D eigenvalue weighted by Crippen LogP contribution is 2.36. The summed E-state index contributed by atoms with van der Waals surface area (Å²) in [5, 5.41) is 9.65. The number of benzene rings is 1. The van der Waals surface area contributed by atoms with E-state index in [1.54, 1.807) is 11.5 Å². The van der Waals surface area contributed by atoms with Crippen LogP contribution >= 0.6 is 23.1 Å². The number of para-hydroxylation sites is 1. The van der Waals surface area contributed by atoms with Crippen molar-refractivity contribution in [2.75, 3.05) is 0 Å². The minimum atomic E-state index is -0.942. The number of thiophene rings is 1. The van der Waals surface area contributed by atoms with Crippen LogP contribution in [0.1, 0.15) is 31.2 Å². The number of carboxylic acids is 1. The van der Waals surface area contributed by atoms with Crippen LogP contribution in [0.4, 0.5) is 0 Å². The third-order valence-electron chi connectivity index (χ3n) is 5.10.